The lowest BCUT2D eigenvalue weighted by Crippen LogP contribution is -2.49. The van der Waals surface area contributed by atoms with Crippen molar-refractivity contribution in [2.24, 2.45) is 0 Å². The lowest BCUT2D eigenvalue weighted by Gasteiger charge is -2.21. The van der Waals surface area contributed by atoms with Gasteiger partial charge in [-0.3, -0.25) is 38.4 Å². The zero-order valence-electron chi connectivity index (χ0n) is 60.6. The minimum atomic E-state index is -1.48. The van der Waals surface area contributed by atoms with E-state index < -0.39 is 89.7 Å². The first kappa shape index (κ1) is 86.2. The number of phenols is 7. The number of hydrogen-bond acceptors (Lipinski definition) is 25. The molecule has 17 N–H and O–H groups in total. The van der Waals surface area contributed by atoms with Crippen molar-refractivity contribution in [3.8, 4) is 40.2 Å². The number of carbonyl (C=O) groups excluding carboxylic acids is 11. The van der Waals surface area contributed by atoms with E-state index in [0.29, 0.717) is 65.3 Å². The van der Waals surface area contributed by atoms with Crippen molar-refractivity contribution in [1.29, 1.82) is 0 Å². The third kappa shape index (κ3) is 27.5. The lowest BCUT2D eigenvalue weighted by molar-refractivity contribution is -0.143. The van der Waals surface area contributed by atoms with Gasteiger partial charge in [0.1, 0.15) is 64.0 Å². The molecule has 8 rings (SSSR count). The van der Waals surface area contributed by atoms with Gasteiger partial charge >= 0.3 is 24.0 Å². The van der Waals surface area contributed by atoms with E-state index in [0.717, 1.165) is 94.2 Å². The summed E-state index contributed by atoms with van der Waals surface area (Å²) in [7, 11) is 2.30. The van der Waals surface area contributed by atoms with E-state index >= 15 is 0 Å². The van der Waals surface area contributed by atoms with Gasteiger partial charge < -0.3 is 103 Å². The third-order valence-electron chi connectivity index (χ3n) is 15.2. The van der Waals surface area contributed by atoms with Gasteiger partial charge in [-0.2, -0.15) is 0 Å². The first-order chi connectivity index (χ1) is 52.0. The lowest BCUT2D eigenvalue weighted by atomic mass is 10.1. The number of aryl methyl sites for hydroxylation is 3. The molecule has 5 aromatic carbocycles. The van der Waals surface area contributed by atoms with Crippen LogP contribution in [0.25, 0.3) is 0 Å². The number of nitrogens with one attached hydrogen (secondary N) is 9. The molecule has 0 bridgehead atoms. The number of thiophene rings is 3. The summed E-state index contributed by atoms with van der Waals surface area (Å²) in [5, 5.41) is 99.1. The molecule has 0 aliphatic heterocycles. The van der Waals surface area contributed by atoms with Crippen LogP contribution >= 0.6 is 34.0 Å². The summed E-state index contributed by atoms with van der Waals surface area (Å²) >= 11 is 2.84. The molecule has 0 aliphatic carbocycles. The summed E-state index contributed by atoms with van der Waals surface area (Å²) < 4.78 is 14.6. The molecule has 3 atom stereocenters. The Bertz CT molecular complexity index is 4640. The fourth-order valence-electron chi connectivity index (χ4n) is 9.90. The Labute approximate surface area is 641 Å². The highest BCUT2D eigenvalue weighted by atomic mass is 32.1. The van der Waals surface area contributed by atoms with Crippen molar-refractivity contribution >= 4 is 105 Å². The number of ether oxygens (including phenoxy) is 3. The number of carboxylic acid groups (broad SMARTS) is 1. The number of carbonyl (C=O) groups is 12. The minimum absolute atomic E-state index is 0.0498. The fourth-order valence-corrected chi connectivity index (χ4v) is 12.9. The number of amides is 9. The van der Waals surface area contributed by atoms with Crippen molar-refractivity contribution in [1.82, 2.24) is 47.9 Å². The number of benzene rings is 5. The van der Waals surface area contributed by atoms with E-state index in [4.69, 9.17) is 14.2 Å². The third-order valence-corrected chi connectivity index (χ3v) is 18.9. The van der Waals surface area contributed by atoms with Crippen LogP contribution in [0.3, 0.4) is 0 Å². The molecule has 0 saturated carbocycles. The SMILES string of the molecule is COC(=O)[C@H](CNC(=O)OC(C)(C)C)NC(=O)c1sc(C(=O)NCCc2cccc(O)c2)cc1C.COC(=O)[C@H](CNC(=O)c1cc(O)cc(O)c1)NC(=O)c1sc(C(=O)NCCc2cccc(O)c2)cc1C.Cc1cc(C(=O)NCCc2cccc(O)c2)sc1C(=O)N[C@@H](CNC(=O)c1cc(O)cc(O)c1)C(=O)O. The van der Waals surface area contributed by atoms with Crippen LogP contribution in [-0.4, -0.2) is 189 Å². The van der Waals surface area contributed by atoms with Crippen molar-refractivity contribution in [2.75, 3.05) is 53.5 Å². The highest BCUT2D eigenvalue weighted by Gasteiger charge is 2.30. The predicted molar refractivity (Wildman–Crippen MR) is 403 cm³/mol. The highest BCUT2D eigenvalue weighted by Crippen LogP contribution is 2.27. The van der Waals surface area contributed by atoms with Crippen LogP contribution in [0.1, 0.15) is 133 Å². The number of aliphatic carboxylic acids is 1. The summed E-state index contributed by atoms with van der Waals surface area (Å²) in [6.07, 6.45) is 0.791. The van der Waals surface area contributed by atoms with E-state index in [1.165, 1.54) is 13.2 Å². The second kappa shape index (κ2) is 40.8. The van der Waals surface area contributed by atoms with Crippen molar-refractivity contribution in [3.63, 3.8) is 0 Å². The minimum Gasteiger partial charge on any atom is -0.508 e. The smallest absolute Gasteiger partial charge is 0.407 e. The second-order valence-electron chi connectivity index (χ2n) is 25.1. The molecular weight excluding hydrogens is 1490 g/mol. The average Bonchev–Trinajstić information content (AvgIpc) is 1.71. The van der Waals surface area contributed by atoms with E-state index in [1.54, 1.807) is 108 Å². The van der Waals surface area contributed by atoms with E-state index in [1.807, 2.05) is 18.2 Å². The zero-order chi connectivity index (χ0) is 81.1. The largest absolute Gasteiger partial charge is 0.508 e. The molecule has 0 aliphatic rings. The molecule has 0 unspecified atom stereocenters. The van der Waals surface area contributed by atoms with Gasteiger partial charge in [-0.05, 0) is 173 Å². The Morgan fingerprint density at radius 1 is 0.373 bits per heavy atom. The van der Waals surface area contributed by atoms with Gasteiger partial charge in [-0.1, -0.05) is 36.4 Å². The molecule has 584 valence electrons. The first-order valence-corrected chi connectivity index (χ1v) is 35.8. The Morgan fingerprint density at radius 2 is 0.673 bits per heavy atom. The average molecular weight is 1570 g/mol. The molecular formula is C75H83N9O23S3. The topological polar surface area (TPSA) is 503 Å². The van der Waals surface area contributed by atoms with Gasteiger partial charge in [-0.25, -0.2) is 19.2 Å². The summed E-state index contributed by atoms with van der Waals surface area (Å²) in [6.45, 7) is 9.98. The number of esters is 2. The van der Waals surface area contributed by atoms with E-state index in [2.05, 4.69) is 47.9 Å². The number of rotatable bonds is 29. The monoisotopic (exact) mass is 1570 g/mol. The number of alkyl carbamates (subject to hydrolysis) is 1. The normalized spacial score (nSPS) is 11.5. The first-order valence-electron chi connectivity index (χ1n) is 33.4. The van der Waals surface area contributed by atoms with Crippen LogP contribution < -0.4 is 47.9 Å². The number of hydrogen-bond donors (Lipinski definition) is 17. The molecule has 0 spiro atoms. The van der Waals surface area contributed by atoms with E-state index in [9.17, 15) is 98.4 Å². The molecule has 9 amide bonds. The molecule has 0 fully saturated rings. The summed E-state index contributed by atoms with van der Waals surface area (Å²) in [4.78, 5) is 150. The van der Waals surface area contributed by atoms with Crippen molar-refractivity contribution < 1.29 is 113 Å². The van der Waals surface area contributed by atoms with Crippen LogP contribution in [0.2, 0.25) is 0 Å². The highest BCUT2D eigenvalue weighted by molar-refractivity contribution is 7.17. The van der Waals surface area contributed by atoms with Crippen LogP contribution in [0.4, 0.5) is 4.79 Å². The molecule has 8 aromatic rings. The van der Waals surface area contributed by atoms with Gasteiger partial charge in [0, 0.05) is 56.0 Å². The van der Waals surface area contributed by atoms with Gasteiger partial charge in [0.2, 0.25) is 0 Å². The molecule has 110 heavy (non-hydrogen) atoms. The van der Waals surface area contributed by atoms with Crippen LogP contribution in [-0.2, 0) is 47.9 Å². The summed E-state index contributed by atoms with van der Waals surface area (Å²) in [5.41, 5.74) is 3.27. The number of methoxy groups -OCH3 is 2. The fraction of sp³-hybridized carbons (Fsp3) is 0.280. The quantitative estimate of drug-likeness (QED) is 0.0185. The Hall–Kier alpha value is -12.8. The van der Waals surface area contributed by atoms with Crippen LogP contribution in [0, 0.1) is 20.8 Å². The molecule has 3 aromatic heterocycles. The van der Waals surface area contributed by atoms with Crippen LogP contribution in [0.15, 0.2) is 127 Å². The van der Waals surface area contributed by atoms with Gasteiger partial charge in [0.15, 0.2) is 0 Å². The molecule has 3 heterocycles. The van der Waals surface area contributed by atoms with Gasteiger partial charge in [0.05, 0.1) is 50.0 Å². The Morgan fingerprint density at radius 3 is 0.964 bits per heavy atom. The number of aromatic hydroxyl groups is 7. The molecule has 0 radical (unpaired) electrons. The second-order valence-corrected chi connectivity index (χ2v) is 28.3. The standard InChI is InChI=1S/C26H27N3O8S.C25H25N3O8S.C24H31N3O7S/c1-14-8-21(24(34)27-7-6-15-4-3-5-17(30)9-15)38-22(14)25(35)29-20(26(36)37-2)13-28-23(33)16-10-18(31)12-19(32)11-16;1-13-7-20(23(33)26-6-5-14-3-2-4-16(29)8-14)37-21(13)24(34)28-19(25(35)36)12-27-22(32)15-9-17(30)11-18(31)10-15;1-14-11-18(20(29)25-10-9-15-7-6-8-16(28)12-15)35-19(14)21(30)27-17(22(31)33-5)13-26-23(32)34-24(2,3)4/h3-5,8-12,20,30-32H,6-7,13H2,1-2H3,(H,27,34)(H,28,33)(H,29,35);2-4,7-11,19,29-31H,5-6,12H2,1H3,(H,26,33)(H,27,32)(H,28,34)(H,35,36);6-8,11-12,17,28H,9-10,13H2,1-5H3,(H,25,29)(H,26,32)(H,27,30)/t20-;19-;17-/m000/s1. The predicted octanol–water partition coefficient (Wildman–Crippen LogP) is 6.14. The van der Waals surface area contributed by atoms with Gasteiger partial charge in [-0.15, -0.1) is 34.0 Å². The van der Waals surface area contributed by atoms with Crippen LogP contribution in [0.5, 0.6) is 40.2 Å². The maximum atomic E-state index is 12.9. The van der Waals surface area contributed by atoms with Crippen molar-refractivity contribution in [2.45, 2.75) is 84.5 Å². The van der Waals surface area contributed by atoms with Gasteiger partial charge in [0.25, 0.3) is 47.3 Å². The number of carboxylic acids is 1. The molecule has 32 nitrogen and oxygen atoms in total. The Balaban J connectivity index is 0.000000258. The zero-order valence-corrected chi connectivity index (χ0v) is 63.1. The Kier molecular flexibility index (Phi) is 32.0. The number of phenolic OH excluding ortho intramolecular Hbond substituents is 7. The maximum Gasteiger partial charge on any atom is 0.407 e. The van der Waals surface area contributed by atoms with E-state index in [-0.39, 0.29) is 95.8 Å². The molecule has 35 heteroatoms. The van der Waals surface area contributed by atoms with Crippen molar-refractivity contribution in [3.05, 3.63) is 201 Å². The summed E-state index contributed by atoms with van der Waals surface area (Å²) in [6, 6.07) is 27.5. The summed E-state index contributed by atoms with van der Waals surface area (Å²) in [5.74, 6) is -8.35. The molecule has 0 saturated heterocycles. The maximum absolute atomic E-state index is 12.9.